The van der Waals surface area contributed by atoms with Crippen molar-refractivity contribution in [3.63, 3.8) is 0 Å². The van der Waals surface area contributed by atoms with Crippen molar-refractivity contribution < 1.29 is 0 Å². The van der Waals surface area contributed by atoms with Crippen LogP contribution in [0, 0.1) is 5.92 Å². The first-order chi connectivity index (χ1) is 3.89. The smallest absolute Gasteiger partial charge is 0.0443 e. The summed E-state index contributed by atoms with van der Waals surface area (Å²) in [6, 6.07) is 0. The molecular formula is C6H17Cl2PS. The zero-order valence-corrected chi connectivity index (χ0v) is 10.2. The molecule has 0 aromatic rings. The second kappa shape index (κ2) is 12.9. The van der Waals surface area contributed by atoms with Crippen molar-refractivity contribution in [2.45, 2.75) is 32.6 Å². The zero-order valence-electron chi connectivity index (χ0n) is 6.34. The van der Waals surface area contributed by atoms with Gasteiger partial charge in [0, 0.05) is 0 Å². The molecule has 0 radical (unpaired) electrons. The van der Waals surface area contributed by atoms with Crippen molar-refractivity contribution in [3.05, 3.63) is 0 Å². The van der Waals surface area contributed by atoms with Gasteiger partial charge in [-0.25, -0.2) is 0 Å². The molecule has 0 aliphatic heterocycles. The third-order valence-electron chi connectivity index (χ3n) is 1.64. The average Bonchev–Trinajstić information content (AvgIpc) is 2.24. The van der Waals surface area contributed by atoms with E-state index in [0.717, 1.165) is 5.92 Å². The molecule has 10 heavy (non-hydrogen) atoms. The van der Waals surface area contributed by atoms with Gasteiger partial charge in [-0.15, -0.1) is 36.6 Å². The van der Waals surface area contributed by atoms with Crippen molar-refractivity contribution >= 4 is 44.6 Å². The Hall–Kier alpha value is 1.23. The van der Waals surface area contributed by atoms with Crippen LogP contribution < -0.4 is 0 Å². The third-order valence-corrected chi connectivity index (χ3v) is 1.64. The van der Waals surface area contributed by atoms with Crippen LogP contribution in [0.2, 0.25) is 0 Å². The number of hydrogen-bond donors (Lipinski definition) is 0. The van der Waals surface area contributed by atoms with Crippen LogP contribution in [-0.2, 0) is 11.8 Å². The lowest BCUT2D eigenvalue weighted by molar-refractivity contribution is 0.612. The molecule has 1 fully saturated rings. The van der Waals surface area contributed by atoms with Gasteiger partial charge in [-0.1, -0.05) is 40.6 Å². The van der Waals surface area contributed by atoms with Crippen LogP contribution in [0.4, 0.5) is 0 Å². The van der Waals surface area contributed by atoms with Crippen LogP contribution in [0.15, 0.2) is 0 Å². The molecule has 0 nitrogen and oxygen atoms in total. The summed E-state index contributed by atoms with van der Waals surface area (Å²) in [7, 11) is 1.44. The SMILES string of the molecule is CC1CCCC1.Cl.Cl.[PH3]=S. The fourth-order valence-corrected chi connectivity index (χ4v) is 1.13. The van der Waals surface area contributed by atoms with Crippen LogP contribution in [0.1, 0.15) is 32.6 Å². The van der Waals surface area contributed by atoms with Crippen LogP contribution in [0.3, 0.4) is 0 Å². The normalized spacial score (nSPS) is 16.1. The Balaban J connectivity index is -0.000000114. The molecule has 1 aliphatic rings. The first-order valence-electron chi connectivity index (χ1n) is 3.18. The van der Waals surface area contributed by atoms with E-state index >= 15 is 0 Å². The molecule has 1 saturated carbocycles. The Morgan fingerprint density at radius 3 is 1.50 bits per heavy atom. The van der Waals surface area contributed by atoms with E-state index in [1.54, 1.807) is 0 Å². The number of hydrogen-bond acceptors (Lipinski definition) is 1. The summed E-state index contributed by atoms with van der Waals surface area (Å²) in [5.74, 6) is 1.05. The molecule has 0 N–H and O–H groups in total. The summed E-state index contributed by atoms with van der Waals surface area (Å²) in [5.41, 5.74) is 0. The van der Waals surface area contributed by atoms with Crippen LogP contribution in [0.5, 0.6) is 0 Å². The van der Waals surface area contributed by atoms with Crippen LogP contribution >= 0.6 is 32.8 Å². The molecule has 4 heteroatoms. The van der Waals surface area contributed by atoms with Gasteiger partial charge in [0.1, 0.15) is 0 Å². The van der Waals surface area contributed by atoms with E-state index in [4.69, 9.17) is 0 Å². The monoisotopic (exact) mass is 222 g/mol. The predicted molar refractivity (Wildman–Crippen MR) is 60.6 cm³/mol. The highest BCUT2D eigenvalue weighted by Gasteiger charge is 2.07. The molecule has 0 saturated heterocycles. The van der Waals surface area contributed by atoms with Gasteiger partial charge in [0.15, 0.2) is 0 Å². The van der Waals surface area contributed by atoms with Gasteiger partial charge >= 0.3 is 0 Å². The summed E-state index contributed by atoms with van der Waals surface area (Å²) in [6.07, 6.45) is 5.95. The van der Waals surface area contributed by atoms with Gasteiger partial charge in [-0.05, 0) is 5.92 Å². The average molecular weight is 223 g/mol. The maximum Gasteiger partial charge on any atom is -0.0443 e. The van der Waals surface area contributed by atoms with Crippen molar-refractivity contribution in [2.24, 2.45) is 5.92 Å². The molecule has 0 heterocycles. The van der Waals surface area contributed by atoms with E-state index in [1.165, 1.54) is 33.7 Å². The molecule has 1 unspecified atom stereocenters. The predicted octanol–water partition coefficient (Wildman–Crippen LogP) is 3.10. The topological polar surface area (TPSA) is 0 Å². The minimum Gasteiger partial charge on any atom is -0.147 e. The molecular weight excluding hydrogens is 206 g/mol. The van der Waals surface area contributed by atoms with Crippen molar-refractivity contribution in [1.29, 1.82) is 0 Å². The highest BCUT2D eigenvalue weighted by Crippen LogP contribution is 2.22. The van der Waals surface area contributed by atoms with E-state index < -0.39 is 0 Å². The van der Waals surface area contributed by atoms with E-state index in [-0.39, 0.29) is 24.8 Å². The summed E-state index contributed by atoms with van der Waals surface area (Å²) in [4.78, 5) is 0. The van der Waals surface area contributed by atoms with E-state index in [2.05, 4.69) is 18.7 Å². The minimum absolute atomic E-state index is 0. The second-order valence-electron chi connectivity index (χ2n) is 2.39. The lowest BCUT2D eigenvalue weighted by Crippen LogP contribution is -1.78. The fraction of sp³-hybridized carbons (Fsp3) is 1.00. The summed E-state index contributed by atoms with van der Waals surface area (Å²) in [5, 5.41) is 0. The fourth-order valence-electron chi connectivity index (χ4n) is 1.13. The van der Waals surface area contributed by atoms with Crippen molar-refractivity contribution in [3.8, 4) is 0 Å². The number of halogens is 2. The van der Waals surface area contributed by atoms with E-state index in [9.17, 15) is 0 Å². The summed E-state index contributed by atoms with van der Waals surface area (Å²) in [6.45, 7) is 2.34. The largest absolute Gasteiger partial charge is 0.147 e. The Morgan fingerprint density at radius 1 is 1.10 bits per heavy atom. The van der Waals surface area contributed by atoms with Crippen molar-refractivity contribution in [1.82, 2.24) is 0 Å². The molecule has 0 amide bonds. The summed E-state index contributed by atoms with van der Waals surface area (Å²) < 4.78 is 0. The first-order valence-corrected chi connectivity index (χ1v) is 5.49. The van der Waals surface area contributed by atoms with Gasteiger partial charge in [-0.3, -0.25) is 0 Å². The van der Waals surface area contributed by atoms with Gasteiger partial charge in [-0.2, -0.15) is 0 Å². The molecule has 0 bridgehead atoms. The third kappa shape index (κ3) is 9.23. The lowest BCUT2D eigenvalue weighted by Gasteiger charge is -1.91. The molecule has 0 aromatic carbocycles. The maximum absolute atomic E-state index is 4.11. The Kier molecular flexibility index (Phi) is 22.3. The summed E-state index contributed by atoms with van der Waals surface area (Å²) >= 11 is 4.11. The molecule has 0 aromatic heterocycles. The van der Waals surface area contributed by atoms with Crippen LogP contribution in [0.25, 0.3) is 0 Å². The first kappa shape index (κ1) is 17.4. The Morgan fingerprint density at radius 2 is 1.40 bits per heavy atom. The van der Waals surface area contributed by atoms with Gasteiger partial charge in [0.25, 0.3) is 0 Å². The molecule has 1 rings (SSSR count). The Labute approximate surface area is 83.2 Å². The Bertz CT molecular complexity index is 57.7. The van der Waals surface area contributed by atoms with Gasteiger partial charge in [0.2, 0.25) is 0 Å². The quantitative estimate of drug-likeness (QED) is 0.568. The highest BCUT2D eigenvalue weighted by atomic mass is 35.5. The van der Waals surface area contributed by atoms with Crippen molar-refractivity contribution in [2.75, 3.05) is 0 Å². The van der Waals surface area contributed by atoms with Gasteiger partial charge < -0.3 is 0 Å². The van der Waals surface area contributed by atoms with Gasteiger partial charge in [0.05, 0.1) is 0 Å². The maximum atomic E-state index is 4.11. The standard InChI is InChI=1S/C6H12.2ClH.H3PS/c1-6-4-2-3-5-6;;;1-2/h6H,2-5H2,1H3;2*1H;1H3. The van der Waals surface area contributed by atoms with Crippen LogP contribution in [-0.4, -0.2) is 0 Å². The van der Waals surface area contributed by atoms with E-state index in [0.29, 0.717) is 0 Å². The highest BCUT2D eigenvalue weighted by molar-refractivity contribution is 7.88. The molecule has 1 aliphatic carbocycles. The molecule has 0 spiro atoms. The second-order valence-corrected chi connectivity index (χ2v) is 2.39. The zero-order chi connectivity index (χ0) is 6.41. The lowest BCUT2D eigenvalue weighted by atomic mass is 10.2. The molecule has 66 valence electrons. The minimum atomic E-state index is 0. The number of rotatable bonds is 0. The molecule has 1 atom stereocenters. The van der Waals surface area contributed by atoms with E-state index in [1.807, 2.05) is 0 Å².